The van der Waals surface area contributed by atoms with E-state index in [-0.39, 0.29) is 0 Å². The summed E-state index contributed by atoms with van der Waals surface area (Å²) in [6, 6.07) is 6.74. The molecule has 1 fully saturated rings. The maximum absolute atomic E-state index is 6.16. The molecule has 2 N–H and O–H groups in total. The van der Waals surface area contributed by atoms with Gasteiger partial charge >= 0.3 is 0 Å². The highest BCUT2D eigenvalue weighted by Gasteiger charge is 2.23. The zero-order valence-corrected chi connectivity index (χ0v) is 12.7. The minimum absolute atomic E-state index is 0.587. The van der Waals surface area contributed by atoms with E-state index < -0.39 is 0 Å². The molecule has 1 unspecified atom stereocenters. The molecule has 106 valence electrons. The summed E-state index contributed by atoms with van der Waals surface area (Å²) in [4.78, 5) is 4.97. The van der Waals surface area contributed by atoms with Crippen LogP contribution in [0.1, 0.15) is 19.4 Å². The van der Waals surface area contributed by atoms with Gasteiger partial charge in [-0.3, -0.25) is 4.90 Å². The summed E-state index contributed by atoms with van der Waals surface area (Å²) in [5, 5.41) is 0.807. The lowest BCUT2D eigenvalue weighted by atomic mass is 10.1. The van der Waals surface area contributed by atoms with Crippen LogP contribution in [0.5, 0.6) is 0 Å². The summed E-state index contributed by atoms with van der Waals surface area (Å²) in [6.45, 7) is 9.57. The number of hydrogen-bond acceptors (Lipinski definition) is 3. The van der Waals surface area contributed by atoms with Crippen molar-refractivity contribution in [2.75, 3.05) is 37.6 Å². The quantitative estimate of drug-likeness (QED) is 0.920. The van der Waals surface area contributed by atoms with E-state index in [9.17, 15) is 0 Å². The smallest absolute Gasteiger partial charge is 0.0426 e. The summed E-state index contributed by atoms with van der Waals surface area (Å²) in [7, 11) is 0. The average Bonchev–Trinajstić information content (AvgIpc) is 2.41. The third-order valence-electron chi connectivity index (χ3n) is 3.97. The van der Waals surface area contributed by atoms with E-state index in [0.29, 0.717) is 12.6 Å². The zero-order valence-electron chi connectivity index (χ0n) is 11.9. The van der Waals surface area contributed by atoms with Crippen LogP contribution >= 0.6 is 11.6 Å². The molecule has 1 heterocycles. The molecule has 1 atom stereocenters. The summed E-state index contributed by atoms with van der Waals surface area (Å²) in [5.41, 5.74) is 8.28. The lowest BCUT2D eigenvalue weighted by Crippen LogP contribution is -2.52. The van der Waals surface area contributed by atoms with Crippen molar-refractivity contribution < 1.29 is 0 Å². The predicted molar refractivity (Wildman–Crippen MR) is 83.1 cm³/mol. The van der Waals surface area contributed by atoms with Crippen LogP contribution in [-0.2, 0) is 6.42 Å². The van der Waals surface area contributed by atoms with E-state index in [0.717, 1.165) is 37.6 Å². The average molecular weight is 282 g/mol. The summed E-state index contributed by atoms with van der Waals surface area (Å²) < 4.78 is 0. The second-order valence-corrected chi connectivity index (χ2v) is 5.67. The normalized spacial score (nSPS) is 20.8. The van der Waals surface area contributed by atoms with Gasteiger partial charge in [0.15, 0.2) is 0 Å². The van der Waals surface area contributed by atoms with Crippen LogP contribution in [0.2, 0.25) is 5.02 Å². The Labute approximate surface area is 121 Å². The van der Waals surface area contributed by atoms with Crippen molar-refractivity contribution in [1.29, 1.82) is 0 Å². The first-order valence-electron chi connectivity index (χ1n) is 7.13. The van der Waals surface area contributed by atoms with Crippen LogP contribution in [0, 0.1) is 0 Å². The number of nitrogens with zero attached hydrogens (tertiary/aromatic N) is 2. The molecule has 0 aromatic heterocycles. The van der Waals surface area contributed by atoms with Crippen molar-refractivity contribution in [3.63, 3.8) is 0 Å². The van der Waals surface area contributed by atoms with Crippen molar-refractivity contribution in [1.82, 2.24) is 4.90 Å². The number of piperazine rings is 1. The monoisotopic (exact) mass is 281 g/mol. The number of rotatable bonds is 4. The molecule has 3 nitrogen and oxygen atoms in total. The molecule has 0 saturated carbocycles. The maximum atomic E-state index is 6.16. The number of benzene rings is 1. The fourth-order valence-corrected chi connectivity index (χ4v) is 3.05. The Morgan fingerprint density at radius 1 is 1.37 bits per heavy atom. The van der Waals surface area contributed by atoms with Crippen molar-refractivity contribution in [2.45, 2.75) is 26.3 Å². The van der Waals surface area contributed by atoms with Crippen molar-refractivity contribution in [3.05, 3.63) is 28.8 Å². The SMILES string of the molecule is CCN1CCN(c2cc(Cl)ccc2CCN)CC1C. The van der Waals surface area contributed by atoms with Crippen LogP contribution in [0.25, 0.3) is 0 Å². The Morgan fingerprint density at radius 2 is 2.16 bits per heavy atom. The largest absolute Gasteiger partial charge is 0.368 e. The summed E-state index contributed by atoms with van der Waals surface area (Å²) in [5.74, 6) is 0. The van der Waals surface area contributed by atoms with Crippen molar-refractivity contribution >= 4 is 17.3 Å². The molecule has 2 rings (SSSR count). The molecular formula is C15H24ClN3. The maximum Gasteiger partial charge on any atom is 0.0426 e. The molecule has 1 aliphatic heterocycles. The number of nitrogens with two attached hydrogens (primary N) is 1. The highest BCUT2D eigenvalue weighted by Crippen LogP contribution is 2.27. The molecule has 1 aliphatic rings. The van der Waals surface area contributed by atoms with Gasteiger partial charge in [0.2, 0.25) is 0 Å². The molecule has 0 radical (unpaired) electrons. The molecule has 1 aromatic rings. The zero-order chi connectivity index (χ0) is 13.8. The van der Waals surface area contributed by atoms with Gasteiger partial charge in [0.1, 0.15) is 0 Å². The highest BCUT2D eigenvalue weighted by atomic mass is 35.5. The van der Waals surface area contributed by atoms with Crippen LogP contribution in [0.15, 0.2) is 18.2 Å². The summed E-state index contributed by atoms with van der Waals surface area (Å²) in [6.07, 6.45) is 0.912. The van der Waals surface area contributed by atoms with Crippen LogP contribution in [0.4, 0.5) is 5.69 Å². The van der Waals surface area contributed by atoms with Crippen LogP contribution in [0.3, 0.4) is 0 Å². The van der Waals surface area contributed by atoms with Crippen molar-refractivity contribution in [2.24, 2.45) is 5.73 Å². The molecule has 4 heteroatoms. The minimum Gasteiger partial charge on any atom is -0.368 e. The topological polar surface area (TPSA) is 32.5 Å². The number of anilines is 1. The van der Waals surface area contributed by atoms with Gasteiger partial charge in [-0.2, -0.15) is 0 Å². The molecule has 0 bridgehead atoms. The van der Waals surface area contributed by atoms with Gasteiger partial charge < -0.3 is 10.6 Å². The minimum atomic E-state index is 0.587. The molecule has 1 saturated heterocycles. The molecule has 1 aromatic carbocycles. The van der Waals surface area contributed by atoms with Gasteiger partial charge in [-0.25, -0.2) is 0 Å². The first-order chi connectivity index (χ1) is 9.15. The van der Waals surface area contributed by atoms with Crippen LogP contribution in [-0.4, -0.2) is 43.7 Å². The Kier molecular flexibility index (Phi) is 5.08. The van der Waals surface area contributed by atoms with Gasteiger partial charge in [0.25, 0.3) is 0 Å². The molecule has 0 amide bonds. The van der Waals surface area contributed by atoms with Crippen LogP contribution < -0.4 is 10.6 Å². The lowest BCUT2D eigenvalue weighted by molar-refractivity contribution is 0.199. The third kappa shape index (κ3) is 3.41. The van der Waals surface area contributed by atoms with E-state index in [1.165, 1.54) is 11.3 Å². The van der Waals surface area contributed by atoms with E-state index >= 15 is 0 Å². The Morgan fingerprint density at radius 3 is 2.79 bits per heavy atom. The highest BCUT2D eigenvalue weighted by molar-refractivity contribution is 6.30. The Balaban J connectivity index is 2.19. The second-order valence-electron chi connectivity index (χ2n) is 5.24. The molecule has 0 aliphatic carbocycles. The van der Waals surface area contributed by atoms with Gasteiger partial charge in [0.05, 0.1) is 0 Å². The van der Waals surface area contributed by atoms with E-state index in [4.69, 9.17) is 17.3 Å². The van der Waals surface area contributed by atoms with Gasteiger partial charge in [-0.1, -0.05) is 24.6 Å². The van der Waals surface area contributed by atoms with E-state index in [1.54, 1.807) is 0 Å². The number of likely N-dealkylation sites (N-methyl/N-ethyl adjacent to an activating group) is 1. The summed E-state index contributed by atoms with van der Waals surface area (Å²) >= 11 is 6.16. The fourth-order valence-electron chi connectivity index (χ4n) is 2.88. The molecular weight excluding hydrogens is 258 g/mol. The standard InChI is InChI=1S/C15H24ClN3/c1-3-18-8-9-19(11-12(18)2)15-10-14(16)5-4-13(15)6-7-17/h4-5,10,12H,3,6-9,11,17H2,1-2H3. The van der Waals surface area contributed by atoms with Gasteiger partial charge in [0, 0.05) is 36.4 Å². The molecule has 0 spiro atoms. The number of halogens is 1. The van der Waals surface area contributed by atoms with Crippen molar-refractivity contribution in [3.8, 4) is 0 Å². The first-order valence-corrected chi connectivity index (χ1v) is 7.51. The number of hydrogen-bond donors (Lipinski definition) is 1. The van der Waals surface area contributed by atoms with E-state index in [2.05, 4.69) is 35.8 Å². The molecule has 19 heavy (non-hydrogen) atoms. The second kappa shape index (κ2) is 6.60. The third-order valence-corrected chi connectivity index (χ3v) is 4.21. The fraction of sp³-hybridized carbons (Fsp3) is 0.600. The Hall–Kier alpha value is -0.770. The first kappa shape index (κ1) is 14.6. The Bertz CT molecular complexity index is 422. The lowest BCUT2D eigenvalue weighted by Gasteiger charge is -2.41. The predicted octanol–water partition coefficient (Wildman–Crippen LogP) is 2.37. The van der Waals surface area contributed by atoms with Gasteiger partial charge in [-0.05, 0) is 44.1 Å². The van der Waals surface area contributed by atoms with Gasteiger partial charge in [-0.15, -0.1) is 0 Å². The van der Waals surface area contributed by atoms with E-state index in [1.807, 2.05) is 6.07 Å².